The number of aliphatic hydroxyl groups excluding tert-OH is 1. The highest BCUT2D eigenvalue weighted by molar-refractivity contribution is 5.22. The molecule has 1 aliphatic carbocycles. The smallest absolute Gasteiger partial charge is 0.0559 e. The SMILES string of the molecule is NC[C@]1(c2ccccn2)C[C@@H](O)C1. The molecule has 1 aromatic rings. The Morgan fingerprint density at radius 1 is 1.54 bits per heavy atom. The van der Waals surface area contributed by atoms with E-state index in [1.807, 2.05) is 18.2 Å². The molecular formula is C10H14N2O. The van der Waals surface area contributed by atoms with Gasteiger partial charge < -0.3 is 10.8 Å². The molecule has 0 spiro atoms. The maximum absolute atomic E-state index is 9.29. The van der Waals surface area contributed by atoms with Gasteiger partial charge in [-0.1, -0.05) is 6.07 Å². The lowest BCUT2D eigenvalue weighted by molar-refractivity contribution is 0.0201. The van der Waals surface area contributed by atoms with Crippen molar-refractivity contribution in [3.05, 3.63) is 30.1 Å². The fraction of sp³-hybridized carbons (Fsp3) is 0.500. The number of nitrogens with zero attached hydrogens (tertiary/aromatic N) is 1. The summed E-state index contributed by atoms with van der Waals surface area (Å²) in [4.78, 5) is 4.29. The van der Waals surface area contributed by atoms with Crippen LogP contribution in [0.1, 0.15) is 18.5 Å². The molecule has 3 N–H and O–H groups in total. The average molecular weight is 178 g/mol. The van der Waals surface area contributed by atoms with Crippen LogP contribution in [0.15, 0.2) is 24.4 Å². The maximum atomic E-state index is 9.29. The van der Waals surface area contributed by atoms with Crippen molar-refractivity contribution < 1.29 is 5.11 Å². The minimum absolute atomic E-state index is 0.0549. The summed E-state index contributed by atoms with van der Waals surface area (Å²) in [7, 11) is 0. The Morgan fingerprint density at radius 2 is 2.31 bits per heavy atom. The molecule has 1 saturated carbocycles. The van der Waals surface area contributed by atoms with Crippen LogP contribution in [0.4, 0.5) is 0 Å². The van der Waals surface area contributed by atoms with Gasteiger partial charge in [-0.2, -0.15) is 0 Å². The van der Waals surface area contributed by atoms with Crippen molar-refractivity contribution in [2.75, 3.05) is 6.54 Å². The van der Waals surface area contributed by atoms with Crippen LogP contribution in [0, 0.1) is 0 Å². The third-order valence-corrected chi connectivity index (χ3v) is 2.85. The van der Waals surface area contributed by atoms with E-state index in [4.69, 9.17) is 5.73 Å². The summed E-state index contributed by atoms with van der Waals surface area (Å²) >= 11 is 0. The number of hydrogen-bond donors (Lipinski definition) is 2. The van der Waals surface area contributed by atoms with Crippen molar-refractivity contribution in [1.82, 2.24) is 4.98 Å². The molecule has 70 valence electrons. The number of aliphatic hydroxyl groups is 1. The standard InChI is InChI=1S/C10H14N2O/c11-7-10(5-8(13)6-10)9-3-1-2-4-12-9/h1-4,8,13H,5-7,11H2/t8-,10+. The molecule has 1 aliphatic rings. The lowest BCUT2D eigenvalue weighted by atomic mass is 9.64. The van der Waals surface area contributed by atoms with Crippen LogP contribution in [-0.2, 0) is 5.41 Å². The number of aromatic nitrogens is 1. The summed E-state index contributed by atoms with van der Waals surface area (Å²) in [5.41, 5.74) is 6.67. The highest BCUT2D eigenvalue weighted by Crippen LogP contribution is 2.41. The van der Waals surface area contributed by atoms with E-state index >= 15 is 0 Å². The van der Waals surface area contributed by atoms with E-state index in [9.17, 15) is 5.11 Å². The van der Waals surface area contributed by atoms with Crippen LogP contribution in [0.5, 0.6) is 0 Å². The van der Waals surface area contributed by atoms with E-state index < -0.39 is 0 Å². The fourth-order valence-corrected chi connectivity index (χ4v) is 2.00. The van der Waals surface area contributed by atoms with Gasteiger partial charge in [0.15, 0.2) is 0 Å². The van der Waals surface area contributed by atoms with E-state index in [1.54, 1.807) is 6.20 Å². The quantitative estimate of drug-likeness (QED) is 0.690. The Hall–Kier alpha value is -0.930. The largest absolute Gasteiger partial charge is 0.393 e. The molecule has 0 radical (unpaired) electrons. The van der Waals surface area contributed by atoms with E-state index in [0.29, 0.717) is 6.54 Å². The number of hydrogen-bond acceptors (Lipinski definition) is 3. The highest BCUT2D eigenvalue weighted by Gasteiger charge is 2.44. The van der Waals surface area contributed by atoms with Crippen molar-refractivity contribution in [3.63, 3.8) is 0 Å². The van der Waals surface area contributed by atoms with Gasteiger partial charge in [-0.25, -0.2) is 0 Å². The van der Waals surface area contributed by atoms with Crippen LogP contribution in [0.25, 0.3) is 0 Å². The zero-order chi connectivity index (χ0) is 9.31. The molecule has 0 bridgehead atoms. The summed E-state index contributed by atoms with van der Waals surface area (Å²) < 4.78 is 0. The zero-order valence-electron chi connectivity index (χ0n) is 7.48. The van der Waals surface area contributed by atoms with Crippen LogP contribution < -0.4 is 5.73 Å². The zero-order valence-corrected chi connectivity index (χ0v) is 7.48. The topological polar surface area (TPSA) is 59.1 Å². The predicted molar refractivity (Wildman–Crippen MR) is 50.2 cm³/mol. The second-order valence-corrected chi connectivity index (χ2v) is 3.76. The maximum Gasteiger partial charge on any atom is 0.0559 e. The molecule has 1 aromatic heterocycles. The van der Waals surface area contributed by atoms with Crippen LogP contribution in [0.2, 0.25) is 0 Å². The van der Waals surface area contributed by atoms with Gasteiger partial charge in [0, 0.05) is 23.9 Å². The Labute approximate surface area is 77.6 Å². The van der Waals surface area contributed by atoms with Gasteiger partial charge in [-0.15, -0.1) is 0 Å². The first kappa shape index (κ1) is 8.66. The minimum Gasteiger partial charge on any atom is -0.393 e. The molecule has 2 rings (SSSR count). The van der Waals surface area contributed by atoms with Crippen LogP contribution >= 0.6 is 0 Å². The molecule has 3 heteroatoms. The van der Waals surface area contributed by atoms with Gasteiger partial charge in [-0.05, 0) is 25.0 Å². The molecule has 3 nitrogen and oxygen atoms in total. The Morgan fingerprint density at radius 3 is 2.77 bits per heavy atom. The van der Waals surface area contributed by atoms with E-state index in [0.717, 1.165) is 18.5 Å². The molecule has 0 aromatic carbocycles. The van der Waals surface area contributed by atoms with E-state index in [1.165, 1.54) is 0 Å². The van der Waals surface area contributed by atoms with Gasteiger partial charge in [0.1, 0.15) is 0 Å². The van der Waals surface area contributed by atoms with Gasteiger partial charge >= 0.3 is 0 Å². The Bertz CT molecular complexity index is 280. The van der Waals surface area contributed by atoms with Crippen molar-refractivity contribution in [3.8, 4) is 0 Å². The van der Waals surface area contributed by atoms with Crippen LogP contribution in [0.3, 0.4) is 0 Å². The minimum atomic E-state index is -0.189. The lowest BCUT2D eigenvalue weighted by Crippen LogP contribution is -2.50. The van der Waals surface area contributed by atoms with Crippen LogP contribution in [-0.4, -0.2) is 22.7 Å². The van der Waals surface area contributed by atoms with E-state index in [2.05, 4.69) is 4.98 Å². The Balaban J connectivity index is 2.24. The summed E-state index contributed by atoms with van der Waals surface area (Å²) in [6.07, 6.45) is 3.09. The number of rotatable bonds is 2. The predicted octanol–water partition coefficient (Wildman–Crippen LogP) is 0.433. The molecule has 1 fully saturated rings. The molecular weight excluding hydrogens is 164 g/mol. The van der Waals surface area contributed by atoms with E-state index in [-0.39, 0.29) is 11.5 Å². The second kappa shape index (κ2) is 3.09. The fourth-order valence-electron chi connectivity index (χ4n) is 2.00. The van der Waals surface area contributed by atoms with Gasteiger partial charge in [0.25, 0.3) is 0 Å². The second-order valence-electron chi connectivity index (χ2n) is 3.76. The van der Waals surface area contributed by atoms with Crippen molar-refractivity contribution in [1.29, 1.82) is 0 Å². The average Bonchev–Trinajstić information content (AvgIpc) is 2.14. The Kier molecular flexibility index (Phi) is 2.06. The summed E-state index contributed by atoms with van der Waals surface area (Å²) in [6, 6.07) is 5.84. The van der Waals surface area contributed by atoms with Gasteiger partial charge in [0.05, 0.1) is 6.10 Å². The normalized spacial score (nSPS) is 32.6. The summed E-state index contributed by atoms with van der Waals surface area (Å²) in [5.74, 6) is 0. The number of nitrogens with two attached hydrogens (primary N) is 1. The summed E-state index contributed by atoms with van der Waals surface area (Å²) in [5, 5.41) is 9.29. The lowest BCUT2D eigenvalue weighted by Gasteiger charge is -2.44. The summed E-state index contributed by atoms with van der Waals surface area (Å²) in [6.45, 7) is 0.571. The third kappa shape index (κ3) is 1.34. The monoisotopic (exact) mass is 178 g/mol. The number of pyridine rings is 1. The first-order valence-electron chi connectivity index (χ1n) is 4.56. The first-order valence-corrected chi connectivity index (χ1v) is 4.56. The van der Waals surface area contributed by atoms with Gasteiger partial charge in [0.2, 0.25) is 0 Å². The van der Waals surface area contributed by atoms with Crippen molar-refractivity contribution >= 4 is 0 Å². The molecule has 0 saturated heterocycles. The molecule has 0 atom stereocenters. The molecule has 0 amide bonds. The molecule has 1 heterocycles. The van der Waals surface area contributed by atoms with Gasteiger partial charge in [-0.3, -0.25) is 4.98 Å². The third-order valence-electron chi connectivity index (χ3n) is 2.85. The van der Waals surface area contributed by atoms with Crippen molar-refractivity contribution in [2.45, 2.75) is 24.4 Å². The molecule has 13 heavy (non-hydrogen) atoms. The van der Waals surface area contributed by atoms with Crippen molar-refractivity contribution in [2.24, 2.45) is 5.73 Å². The molecule has 0 unspecified atom stereocenters. The highest BCUT2D eigenvalue weighted by atomic mass is 16.3. The first-order chi connectivity index (χ1) is 6.27. The molecule has 0 aliphatic heterocycles.